The molecule has 0 saturated carbocycles. The molecular formula is C12H20N2O. The Bertz CT molecular complexity index is 269. The highest BCUT2D eigenvalue weighted by Gasteiger charge is 2.09. The van der Waals surface area contributed by atoms with Gasteiger partial charge in [-0.2, -0.15) is 0 Å². The number of amides is 1. The normalized spacial score (nSPS) is 19.9. The molecule has 3 nitrogen and oxygen atoms in total. The van der Waals surface area contributed by atoms with Crippen LogP contribution in [0.2, 0.25) is 0 Å². The molecule has 1 aliphatic rings. The molecule has 0 radical (unpaired) electrons. The molecule has 1 amide bonds. The van der Waals surface area contributed by atoms with Gasteiger partial charge >= 0.3 is 0 Å². The summed E-state index contributed by atoms with van der Waals surface area (Å²) in [5.74, 6) is 0.683. The third-order valence-electron chi connectivity index (χ3n) is 2.55. The molecule has 0 aromatic heterocycles. The van der Waals surface area contributed by atoms with E-state index in [0.29, 0.717) is 18.9 Å². The fourth-order valence-electron chi connectivity index (χ4n) is 1.60. The van der Waals surface area contributed by atoms with Gasteiger partial charge in [-0.25, -0.2) is 0 Å². The number of hydrogen-bond donors (Lipinski definition) is 1. The summed E-state index contributed by atoms with van der Waals surface area (Å²) in [5, 5.41) is 2.83. The number of carbonyl (C=O) groups is 1. The van der Waals surface area contributed by atoms with Crippen molar-refractivity contribution in [3.63, 3.8) is 0 Å². The SMILES string of the molecule is CCCC1C=NC(CNC(=O)CC)=CC1. The highest BCUT2D eigenvalue weighted by atomic mass is 16.1. The zero-order valence-electron chi connectivity index (χ0n) is 9.62. The van der Waals surface area contributed by atoms with Crippen molar-refractivity contribution in [1.82, 2.24) is 5.32 Å². The van der Waals surface area contributed by atoms with Crippen molar-refractivity contribution in [2.75, 3.05) is 6.54 Å². The number of nitrogens with one attached hydrogen (secondary N) is 1. The summed E-state index contributed by atoms with van der Waals surface area (Å²) in [6.45, 7) is 4.61. The van der Waals surface area contributed by atoms with Gasteiger partial charge in [0.25, 0.3) is 0 Å². The molecule has 84 valence electrons. The minimum absolute atomic E-state index is 0.0850. The second-order valence-corrected chi connectivity index (χ2v) is 3.89. The number of aliphatic imine (C=N–C) groups is 1. The van der Waals surface area contributed by atoms with Gasteiger partial charge in [0.1, 0.15) is 0 Å². The molecule has 0 aromatic rings. The average Bonchev–Trinajstić information content (AvgIpc) is 2.28. The Morgan fingerprint density at radius 1 is 1.60 bits per heavy atom. The molecule has 1 rings (SSSR count). The molecule has 0 aromatic carbocycles. The Kier molecular flexibility index (Phi) is 5.08. The van der Waals surface area contributed by atoms with Gasteiger partial charge in [-0.05, 0) is 18.8 Å². The van der Waals surface area contributed by atoms with E-state index in [0.717, 1.165) is 12.1 Å². The number of hydrogen-bond acceptors (Lipinski definition) is 2. The van der Waals surface area contributed by atoms with Crippen LogP contribution in [0.5, 0.6) is 0 Å². The fraction of sp³-hybridized carbons (Fsp3) is 0.667. The summed E-state index contributed by atoms with van der Waals surface area (Å²) in [6.07, 6.45) is 8.17. The Morgan fingerprint density at radius 3 is 2.93 bits per heavy atom. The van der Waals surface area contributed by atoms with E-state index in [9.17, 15) is 4.79 Å². The van der Waals surface area contributed by atoms with E-state index in [4.69, 9.17) is 0 Å². The van der Waals surface area contributed by atoms with E-state index in [-0.39, 0.29) is 5.91 Å². The number of carbonyl (C=O) groups excluding carboxylic acids is 1. The maximum Gasteiger partial charge on any atom is 0.220 e. The van der Waals surface area contributed by atoms with Gasteiger partial charge < -0.3 is 5.32 Å². The molecule has 1 aliphatic heterocycles. The lowest BCUT2D eigenvalue weighted by Gasteiger charge is -2.14. The minimum atomic E-state index is 0.0850. The van der Waals surface area contributed by atoms with Gasteiger partial charge in [0.05, 0.1) is 12.2 Å². The zero-order chi connectivity index (χ0) is 11.1. The van der Waals surface area contributed by atoms with E-state index in [1.807, 2.05) is 13.1 Å². The van der Waals surface area contributed by atoms with Crippen molar-refractivity contribution >= 4 is 12.1 Å². The number of nitrogens with zero attached hydrogens (tertiary/aromatic N) is 1. The summed E-state index contributed by atoms with van der Waals surface area (Å²) < 4.78 is 0. The van der Waals surface area contributed by atoms with E-state index in [2.05, 4.69) is 23.3 Å². The van der Waals surface area contributed by atoms with Crippen molar-refractivity contribution in [3.8, 4) is 0 Å². The molecule has 0 saturated heterocycles. The first-order valence-corrected chi connectivity index (χ1v) is 5.76. The first kappa shape index (κ1) is 12.0. The first-order valence-electron chi connectivity index (χ1n) is 5.76. The van der Waals surface area contributed by atoms with Crippen molar-refractivity contribution in [1.29, 1.82) is 0 Å². The summed E-state index contributed by atoms with van der Waals surface area (Å²) in [7, 11) is 0. The van der Waals surface area contributed by atoms with Gasteiger partial charge in [0.2, 0.25) is 5.91 Å². The van der Waals surface area contributed by atoms with Crippen molar-refractivity contribution in [2.24, 2.45) is 10.9 Å². The van der Waals surface area contributed by atoms with Gasteiger partial charge in [-0.15, -0.1) is 0 Å². The van der Waals surface area contributed by atoms with Crippen LogP contribution in [0.4, 0.5) is 0 Å². The van der Waals surface area contributed by atoms with Gasteiger partial charge in [-0.1, -0.05) is 26.3 Å². The average molecular weight is 208 g/mol. The largest absolute Gasteiger partial charge is 0.350 e. The quantitative estimate of drug-likeness (QED) is 0.740. The predicted octanol–water partition coefficient (Wildman–Crippen LogP) is 2.29. The Labute approximate surface area is 91.7 Å². The summed E-state index contributed by atoms with van der Waals surface area (Å²) in [6, 6.07) is 0. The maximum atomic E-state index is 11.0. The lowest BCUT2D eigenvalue weighted by atomic mass is 9.99. The van der Waals surface area contributed by atoms with E-state index >= 15 is 0 Å². The van der Waals surface area contributed by atoms with Crippen LogP contribution < -0.4 is 5.32 Å². The molecule has 0 fully saturated rings. The highest BCUT2D eigenvalue weighted by molar-refractivity contribution is 5.75. The van der Waals surface area contributed by atoms with Crippen LogP contribution in [-0.4, -0.2) is 18.7 Å². The minimum Gasteiger partial charge on any atom is -0.350 e. The Hall–Kier alpha value is -1.12. The highest BCUT2D eigenvalue weighted by Crippen LogP contribution is 2.16. The van der Waals surface area contributed by atoms with Crippen molar-refractivity contribution < 1.29 is 4.79 Å². The third kappa shape index (κ3) is 4.28. The summed E-state index contributed by atoms with van der Waals surface area (Å²) in [5.41, 5.74) is 0.990. The summed E-state index contributed by atoms with van der Waals surface area (Å²) in [4.78, 5) is 15.4. The molecular weight excluding hydrogens is 188 g/mol. The van der Waals surface area contributed by atoms with Gasteiger partial charge in [0.15, 0.2) is 0 Å². The fourth-order valence-corrected chi connectivity index (χ4v) is 1.60. The Morgan fingerprint density at radius 2 is 2.40 bits per heavy atom. The molecule has 0 spiro atoms. The van der Waals surface area contributed by atoms with Crippen LogP contribution in [0.3, 0.4) is 0 Å². The van der Waals surface area contributed by atoms with Crippen LogP contribution in [-0.2, 0) is 4.79 Å². The first-order chi connectivity index (χ1) is 7.26. The maximum absolute atomic E-state index is 11.0. The predicted molar refractivity (Wildman–Crippen MR) is 62.9 cm³/mol. The van der Waals surface area contributed by atoms with Crippen LogP contribution in [0.1, 0.15) is 39.5 Å². The van der Waals surface area contributed by atoms with E-state index in [1.165, 1.54) is 12.8 Å². The molecule has 0 bridgehead atoms. The molecule has 0 aliphatic carbocycles. The van der Waals surface area contributed by atoms with Crippen molar-refractivity contribution in [3.05, 3.63) is 11.8 Å². The monoisotopic (exact) mass is 208 g/mol. The molecule has 1 N–H and O–H groups in total. The number of rotatable bonds is 5. The lowest BCUT2D eigenvalue weighted by molar-refractivity contribution is -0.120. The molecule has 1 heterocycles. The van der Waals surface area contributed by atoms with Gasteiger partial charge in [0, 0.05) is 12.6 Å². The standard InChI is InChI=1S/C12H20N2O/c1-3-5-10-6-7-11(13-8-10)9-14-12(15)4-2/h7-8,10H,3-6,9H2,1-2H3,(H,14,15). The van der Waals surface area contributed by atoms with Crippen LogP contribution in [0.25, 0.3) is 0 Å². The number of allylic oxidation sites excluding steroid dienone is 1. The van der Waals surface area contributed by atoms with Crippen LogP contribution in [0.15, 0.2) is 16.8 Å². The van der Waals surface area contributed by atoms with E-state index < -0.39 is 0 Å². The summed E-state index contributed by atoms with van der Waals surface area (Å²) >= 11 is 0. The zero-order valence-corrected chi connectivity index (χ0v) is 9.62. The van der Waals surface area contributed by atoms with Crippen LogP contribution >= 0.6 is 0 Å². The second-order valence-electron chi connectivity index (χ2n) is 3.89. The third-order valence-corrected chi connectivity index (χ3v) is 2.55. The second kappa shape index (κ2) is 6.38. The topological polar surface area (TPSA) is 41.5 Å². The van der Waals surface area contributed by atoms with Crippen molar-refractivity contribution in [2.45, 2.75) is 39.5 Å². The van der Waals surface area contributed by atoms with Crippen LogP contribution in [0, 0.1) is 5.92 Å². The molecule has 1 atom stereocenters. The van der Waals surface area contributed by atoms with E-state index in [1.54, 1.807) is 0 Å². The molecule has 3 heteroatoms. The lowest BCUT2D eigenvalue weighted by Crippen LogP contribution is -2.25. The smallest absolute Gasteiger partial charge is 0.220 e. The molecule has 15 heavy (non-hydrogen) atoms. The molecule has 1 unspecified atom stereocenters. The Balaban J connectivity index is 2.29. The van der Waals surface area contributed by atoms with Gasteiger partial charge in [-0.3, -0.25) is 9.79 Å².